The van der Waals surface area contributed by atoms with Crippen LogP contribution >= 0.6 is 0 Å². The van der Waals surface area contributed by atoms with E-state index >= 15 is 0 Å². The first-order valence-electron chi connectivity index (χ1n) is 6.72. The third-order valence-corrected chi connectivity index (χ3v) is 3.00. The van der Waals surface area contributed by atoms with Crippen LogP contribution in [0.3, 0.4) is 0 Å². The van der Waals surface area contributed by atoms with Crippen LogP contribution in [0.2, 0.25) is 0 Å². The number of benzene rings is 1. The molecule has 21 heavy (non-hydrogen) atoms. The highest BCUT2D eigenvalue weighted by molar-refractivity contribution is 5.63. The van der Waals surface area contributed by atoms with Gasteiger partial charge in [-0.05, 0) is 25.0 Å². The molecule has 1 aromatic heterocycles. The molecule has 0 spiro atoms. The first kappa shape index (κ1) is 15.1. The minimum Gasteiger partial charge on any atom is -0.370 e. The van der Waals surface area contributed by atoms with Gasteiger partial charge in [0, 0.05) is 6.61 Å². The van der Waals surface area contributed by atoms with Gasteiger partial charge in [-0.15, -0.1) is 0 Å². The molecule has 0 saturated carbocycles. The van der Waals surface area contributed by atoms with E-state index in [9.17, 15) is 4.39 Å². The van der Waals surface area contributed by atoms with E-state index in [4.69, 9.17) is 14.5 Å². The molecule has 0 N–H and O–H groups in total. The summed E-state index contributed by atoms with van der Waals surface area (Å²) in [6.45, 7) is 6.38. The standard InChI is InChI=1S/C15H16FN3O2/c1-4-20-13(9(2)3)14-18-15(21-19-14)10-6-5-7-12(16)11(10)8-17/h5-7,9,13H,4H2,1-3H3. The molecule has 1 atom stereocenters. The summed E-state index contributed by atoms with van der Waals surface area (Å²) < 4.78 is 24.4. The van der Waals surface area contributed by atoms with Crippen molar-refractivity contribution >= 4 is 0 Å². The van der Waals surface area contributed by atoms with Crippen molar-refractivity contribution < 1.29 is 13.7 Å². The van der Waals surface area contributed by atoms with Crippen molar-refractivity contribution in [1.29, 1.82) is 5.26 Å². The molecular weight excluding hydrogens is 273 g/mol. The first-order valence-corrected chi connectivity index (χ1v) is 6.72. The van der Waals surface area contributed by atoms with Crippen molar-refractivity contribution in [3.63, 3.8) is 0 Å². The molecule has 1 heterocycles. The molecule has 0 saturated heterocycles. The fourth-order valence-electron chi connectivity index (χ4n) is 2.02. The molecule has 110 valence electrons. The lowest BCUT2D eigenvalue weighted by atomic mass is 10.1. The van der Waals surface area contributed by atoms with Crippen LogP contribution in [0.1, 0.15) is 38.3 Å². The predicted molar refractivity (Wildman–Crippen MR) is 73.6 cm³/mol. The van der Waals surface area contributed by atoms with E-state index in [1.165, 1.54) is 12.1 Å². The summed E-state index contributed by atoms with van der Waals surface area (Å²) in [5.74, 6) is 0.0692. The SMILES string of the molecule is CCOC(c1noc(-c2cccc(F)c2C#N)n1)C(C)C. The maximum atomic E-state index is 13.6. The summed E-state index contributed by atoms with van der Waals surface area (Å²) in [5, 5.41) is 12.9. The van der Waals surface area contributed by atoms with Gasteiger partial charge in [0.25, 0.3) is 5.89 Å². The normalized spacial score (nSPS) is 12.4. The lowest BCUT2D eigenvalue weighted by molar-refractivity contribution is 0.0217. The highest BCUT2D eigenvalue weighted by atomic mass is 19.1. The quantitative estimate of drug-likeness (QED) is 0.842. The lowest BCUT2D eigenvalue weighted by Crippen LogP contribution is -2.12. The number of hydrogen-bond donors (Lipinski definition) is 0. The van der Waals surface area contributed by atoms with Crippen LogP contribution in [0.15, 0.2) is 22.7 Å². The average molecular weight is 289 g/mol. The van der Waals surface area contributed by atoms with Gasteiger partial charge in [0.2, 0.25) is 5.82 Å². The zero-order valence-electron chi connectivity index (χ0n) is 12.1. The van der Waals surface area contributed by atoms with Gasteiger partial charge in [0.15, 0.2) is 0 Å². The number of aromatic nitrogens is 2. The second-order valence-electron chi connectivity index (χ2n) is 4.85. The molecule has 0 aliphatic heterocycles. The molecule has 1 aromatic carbocycles. The summed E-state index contributed by atoms with van der Waals surface area (Å²) in [5.41, 5.74) is 0.181. The summed E-state index contributed by atoms with van der Waals surface area (Å²) in [7, 11) is 0. The van der Waals surface area contributed by atoms with Gasteiger partial charge < -0.3 is 9.26 Å². The van der Waals surface area contributed by atoms with Gasteiger partial charge in [-0.2, -0.15) is 10.2 Å². The Hall–Kier alpha value is -2.26. The van der Waals surface area contributed by atoms with Crippen LogP contribution in [-0.2, 0) is 4.74 Å². The van der Waals surface area contributed by atoms with E-state index in [0.29, 0.717) is 12.4 Å². The predicted octanol–water partition coefficient (Wildman–Crippen LogP) is 3.48. The van der Waals surface area contributed by atoms with Gasteiger partial charge >= 0.3 is 0 Å². The number of rotatable bonds is 5. The molecule has 0 amide bonds. The maximum Gasteiger partial charge on any atom is 0.259 e. The van der Waals surface area contributed by atoms with Gasteiger partial charge in [0.05, 0.1) is 5.56 Å². The Bertz CT molecular complexity index is 661. The Morgan fingerprint density at radius 1 is 1.43 bits per heavy atom. The molecule has 2 aromatic rings. The minimum atomic E-state index is -0.611. The molecular formula is C15H16FN3O2. The largest absolute Gasteiger partial charge is 0.370 e. The molecule has 6 heteroatoms. The topological polar surface area (TPSA) is 71.9 Å². The van der Waals surface area contributed by atoms with Crippen molar-refractivity contribution in [2.45, 2.75) is 26.9 Å². The summed E-state index contributed by atoms with van der Waals surface area (Å²) in [4.78, 5) is 4.25. The Balaban J connectivity index is 2.41. The first-order chi connectivity index (χ1) is 10.1. The highest BCUT2D eigenvalue weighted by Crippen LogP contribution is 2.28. The Kier molecular flexibility index (Phi) is 4.66. The third-order valence-electron chi connectivity index (χ3n) is 3.00. The summed E-state index contributed by atoms with van der Waals surface area (Å²) in [6, 6.07) is 6.10. The van der Waals surface area contributed by atoms with Crippen molar-refractivity contribution in [2.75, 3.05) is 6.61 Å². The van der Waals surface area contributed by atoms with Crippen molar-refractivity contribution in [2.24, 2.45) is 5.92 Å². The van der Waals surface area contributed by atoms with E-state index in [1.807, 2.05) is 26.8 Å². The smallest absolute Gasteiger partial charge is 0.259 e. The van der Waals surface area contributed by atoms with Gasteiger partial charge in [-0.3, -0.25) is 0 Å². The lowest BCUT2D eigenvalue weighted by Gasteiger charge is -2.16. The van der Waals surface area contributed by atoms with E-state index in [-0.39, 0.29) is 29.0 Å². The third kappa shape index (κ3) is 3.09. The Morgan fingerprint density at radius 2 is 2.19 bits per heavy atom. The maximum absolute atomic E-state index is 13.6. The molecule has 5 nitrogen and oxygen atoms in total. The fourth-order valence-corrected chi connectivity index (χ4v) is 2.02. The second-order valence-corrected chi connectivity index (χ2v) is 4.85. The van der Waals surface area contributed by atoms with E-state index in [2.05, 4.69) is 10.1 Å². The van der Waals surface area contributed by atoms with E-state index < -0.39 is 5.82 Å². The number of ether oxygens (including phenoxy) is 1. The molecule has 0 aliphatic carbocycles. The fraction of sp³-hybridized carbons (Fsp3) is 0.400. The second kappa shape index (κ2) is 6.46. The van der Waals surface area contributed by atoms with Crippen molar-refractivity contribution in [3.05, 3.63) is 35.4 Å². The highest BCUT2D eigenvalue weighted by Gasteiger charge is 2.24. The molecule has 0 radical (unpaired) electrons. The zero-order valence-corrected chi connectivity index (χ0v) is 12.1. The Morgan fingerprint density at radius 3 is 2.81 bits per heavy atom. The Labute approximate surface area is 122 Å². The van der Waals surface area contributed by atoms with Crippen molar-refractivity contribution in [1.82, 2.24) is 10.1 Å². The van der Waals surface area contributed by atoms with E-state index in [1.54, 1.807) is 6.07 Å². The number of hydrogen-bond acceptors (Lipinski definition) is 5. The van der Waals surface area contributed by atoms with Crippen LogP contribution in [0.4, 0.5) is 4.39 Å². The molecule has 1 unspecified atom stereocenters. The van der Waals surface area contributed by atoms with Crippen LogP contribution in [0, 0.1) is 23.1 Å². The minimum absolute atomic E-state index is 0.106. The number of halogens is 1. The van der Waals surface area contributed by atoms with Crippen LogP contribution in [-0.4, -0.2) is 16.7 Å². The summed E-state index contributed by atoms with van der Waals surface area (Å²) >= 11 is 0. The van der Waals surface area contributed by atoms with Crippen LogP contribution in [0.5, 0.6) is 0 Å². The monoisotopic (exact) mass is 289 g/mol. The van der Waals surface area contributed by atoms with Gasteiger partial charge in [-0.25, -0.2) is 4.39 Å². The van der Waals surface area contributed by atoms with Gasteiger partial charge in [0.1, 0.15) is 23.6 Å². The van der Waals surface area contributed by atoms with Crippen LogP contribution in [0.25, 0.3) is 11.5 Å². The van der Waals surface area contributed by atoms with Gasteiger partial charge in [-0.1, -0.05) is 25.1 Å². The van der Waals surface area contributed by atoms with Crippen LogP contribution < -0.4 is 0 Å². The van der Waals surface area contributed by atoms with E-state index in [0.717, 1.165) is 0 Å². The average Bonchev–Trinajstić information content (AvgIpc) is 2.93. The zero-order chi connectivity index (χ0) is 15.4. The molecule has 2 rings (SSSR count). The molecule has 0 aliphatic rings. The summed E-state index contributed by atoms with van der Waals surface area (Å²) in [6.07, 6.45) is -0.299. The molecule has 0 bridgehead atoms. The van der Waals surface area contributed by atoms with Crippen molar-refractivity contribution in [3.8, 4) is 17.5 Å². The number of nitriles is 1. The number of nitrogens with zero attached hydrogens (tertiary/aromatic N) is 3. The molecule has 0 fully saturated rings.